The molecule has 3 aromatic rings. The van der Waals surface area contributed by atoms with Crippen LogP contribution in [-0.4, -0.2) is 39.6 Å². The first-order chi connectivity index (χ1) is 12.6. The number of piperidine rings is 1. The van der Waals surface area contributed by atoms with Crippen LogP contribution in [0.2, 0.25) is 0 Å². The molecule has 1 saturated heterocycles. The third kappa shape index (κ3) is 3.25. The predicted octanol–water partition coefficient (Wildman–Crippen LogP) is 2.12. The average molecular weight is 374 g/mol. The SMILES string of the molecule is NCC1CCN(c2nc3c(F)cnc(Nc4cc(N)ncn4)c3s2)CC1. The summed E-state index contributed by atoms with van der Waals surface area (Å²) in [5.41, 5.74) is 11.7. The number of nitrogens with zero attached hydrogens (tertiary/aromatic N) is 5. The van der Waals surface area contributed by atoms with Crippen LogP contribution < -0.4 is 21.7 Å². The Morgan fingerprint density at radius 1 is 1.27 bits per heavy atom. The number of thiazole rings is 1. The van der Waals surface area contributed by atoms with Crippen molar-refractivity contribution in [1.82, 2.24) is 19.9 Å². The van der Waals surface area contributed by atoms with E-state index >= 15 is 0 Å². The molecule has 0 atom stereocenters. The van der Waals surface area contributed by atoms with Crippen molar-refractivity contribution in [3.63, 3.8) is 0 Å². The fourth-order valence-electron chi connectivity index (χ4n) is 3.02. The quantitative estimate of drug-likeness (QED) is 0.635. The number of nitrogens with two attached hydrogens (primary N) is 2. The minimum absolute atomic E-state index is 0.311. The van der Waals surface area contributed by atoms with E-state index in [9.17, 15) is 4.39 Å². The number of aromatic nitrogens is 4. The first-order valence-electron chi connectivity index (χ1n) is 8.38. The van der Waals surface area contributed by atoms with Gasteiger partial charge < -0.3 is 21.7 Å². The molecule has 0 spiro atoms. The maximum atomic E-state index is 14.2. The summed E-state index contributed by atoms with van der Waals surface area (Å²) in [5.74, 6) is 1.46. The topological polar surface area (TPSA) is 119 Å². The lowest BCUT2D eigenvalue weighted by Gasteiger charge is -2.30. The van der Waals surface area contributed by atoms with Crippen molar-refractivity contribution in [3.8, 4) is 0 Å². The number of pyridine rings is 1. The van der Waals surface area contributed by atoms with Crippen molar-refractivity contribution in [2.75, 3.05) is 35.6 Å². The van der Waals surface area contributed by atoms with E-state index in [2.05, 4.69) is 30.2 Å². The number of nitrogens with one attached hydrogen (secondary N) is 1. The third-order valence-corrected chi connectivity index (χ3v) is 5.64. The lowest BCUT2D eigenvalue weighted by molar-refractivity contribution is 0.414. The van der Waals surface area contributed by atoms with Crippen LogP contribution in [0.15, 0.2) is 18.6 Å². The van der Waals surface area contributed by atoms with Crippen molar-refractivity contribution < 1.29 is 4.39 Å². The Morgan fingerprint density at radius 3 is 2.81 bits per heavy atom. The summed E-state index contributed by atoms with van der Waals surface area (Å²) in [4.78, 5) is 18.8. The molecule has 5 N–H and O–H groups in total. The van der Waals surface area contributed by atoms with Crippen molar-refractivity contribution in [2.45, 2.75) is 12.8 Å². The molecule has 0 saturated carbocycles. The average Bonchev–Trinajstić information content (AvgIpc) is 3.11. The number of hydrogen-bond donors (Lipinski definition) is 3. The zero-order valence-corrected chi connectivity index (χ0v) is 14.8. The van der Waals surface area contributed by atoms with E-state index < -0.39 is 5.82 Å². The predicted molar refractivity (Wildman–Crippen MR) is 101 cm³/mol. The number of halogens is 1. The van der Waals surface area contributed by atoms with Crippen LogP contribution in [-0.2, 0) is 0 Å². The summed E-state index contributed by atoms with van der Waals surface area (Å²) < 4.78 is 14.9. The minimum atomic E-state index is -0.438. The molecule has 3 aromatic heterocycles. The second kappa shape index (κ2) is 6.96. The van der Waals surface area contributed by atoms with E-state index in [-0.39, 0.29) is 0 Å². The van der Waals surface area contributed by atoms with Gasteiger partial charge >= 0.3 is 0 Å². The summed E-state index contributed by atoms with van der Waals surface area (Å²) in [5, 5.41) is 3.87. The van der Waals surface area contributed by atoms with Crippen LogP contribution in [0.5, 0.6) is 0 Å². The van der Waals surface area contributed by atoms with Crippen LogP contribution in [0.3, 0.4) is 0 Å². The molecule has 1 aliphatic rings. The minimum Gasteiger partial charge on any atom is -0.384 e. The Morgan fingerprint density at radius 2 is 2.08 bits per heavy atom. The first kappa shape index (κ1) is 16.9. The highest BCUT2D eigenvalue weighted by Crippen LogP contribution is 2.36. The van der Waals surface area contributed by atoms with Crippen molar-refractivity contribution in [2.24, 2.45) is 11.7 Å². The molecule has 10 heteroatoms. The van der Waals surface area contributed by atoms with E-state index in [0.29, 0.717) is 40.1 Å². The van der Waals surface area contributed by atoms with Gasteiger partial charge in [0.1, 0.15) is 28.2 Å². The molecule has 136 valence electrons. The molecule has 1 aliphatic heterocycles. The van der Waals surface area contributed by atoms with Crippen molar-refractivity contribution >= 4 is 44.1 Å². The van der Waals surface area contributed by atoms with Gasteiger partial charge in [0.25, 0.3) is 0 Å². The largest absolute Gasteiger partial charge is 0.384 e. The summed E-state index contributed by atoms with van der Waals surface area (Å²) >= 11 is 1.42. The second-order valence-corrected chi connectivity index (χ2v) is 7.23. The summed E-state index contributed by atoms with van der Waals surface area (Å²) in [6.07, 6.45) is 4.58. The second-order valence-electron chi connectivity index (χ2n) is 6.25. The molecule has 26 heavy (non-hydrogen) atoms. The van der Waals surface area contributed by atoms with Crippen LogP contribution in [0.4, 0.5) is 27.0 Å². The molecular weight excluding hydrogens is 355 g/mol. The van der Waals surface area contributed by atoms with Crippen molar-refractivity contribution in [3.05, 3.63) is 24.4 Å². The zero-order valence-electron chi connectivity index (χ0n) is 14.0. The molecule has 1 fully saturated rings. The van der Waals surface area contributed by atoms with Crippen LogP contribution in [0.25, 0.3) is 10.2 Å². The van der Waals surface area contributed by atoms with E-state index in [4.69, 9.17) is 11.5 Å². The smallest absolute Gasteiger partial charge is 0.186 e. The third-order valence-electron chi connectivity index (χ3n) is 4.52. The highest BCUT2D eigenvalue weighted by atomic mass is 32.1. The van der Waals surface area contributed by atoms with Gasteiger partial charge in [0, 0.05) is 19.2 Å². The number of fused-ring (bicyclic) bond motifs is 1. The standard InChI is InChI=1S/C16H19FN8S/c17-10-7-20-15(23-12-5-11(19)21-8-22-12)14-13(10)24-16(26-14)25-3-1-9(6-18)2-4-25/h5,7-9H,1-4,6,18H2,(H3,19,20,21,22,23). The molecule has 8 nitrogen and oxygen atoms in total. The molecular formula is C16H19FN8S. The number of anilines is 4. The Kier molecular flexibility index (Phi) is 4.51. The number of rotatable bonds is 4. The maximum absolute atomic E-state index is 14.2. The summed E-state index contributed by atoms with van der Waals surface area (Å²) in [6.45, 7) is 2.46. The normalized spacial score (nSPS) is 15.5. The summed E-state index contributed by atoms with van der Waals surface area (Å²) in [6, 6.07) is 1.59. The van der Waals surface area contributed by atoms with E-state index in [1.807, 2.05) is 0 Å². The fourth-order valence-corrected chi connectivity index (χ4v) is 4.09. The Labute approximate surface area is 153 Å². The summed E-state index contributed by atoms with van der Waals surface area (Å²) in [7, 11) is 0. The van der Waals surface area contributed by atoms with Gasteiger partial charge in [0.2, 0.25) is 0 Å². The maximum Gasteiger partial charge on any atom is 0.186 e. The van der Waals surface area contributed by atoms with Gasteiger partial charge in [-0.3, -0.25) is 0 Å². The number of hydrogen-bond acceptors (Lipinski definition) is 9. The lowest BCUT2D eigenvalue weighted by Crippen LogP contribution is -2.35. The Bertz CT molecular complexity index is 922. The molecule has 0 bridgehead atoms. The van der Waals surface area contributed by atoms with Gasteiger partial charge in [-0.05, 0) is 25.3 Å². The van der Waals surface area contributed by atoms with Crippen LogP contribution in [0.1, 0.15) is 12.8 Å². The molecule has 4 heterocycles. The highest BCUT2D eigenvalue weighted by molar-refractivity contribution is 7.22. The number of nitrogen functional groups attached to an aromatic ring is 1. The van der Waals surface area contributed by atoms with Gasteiger partial charge in [-0.15, -0.1) is 0 Å². The van der Waals surface area contributed by atoms with Crippen LogP contribution in [0, 0.1) is 11.7 Å². The first-order valence-corrected chi connectivity index (χ1v) is 9.20. The lowest BCUT2D eigenvalue weighted by atomic mass is 9.98. The van der Waals surface area contributed by atoms with Gasteiger partial charge in [0.05, 0.1) is 6.20 Å². The van der Waals surface area contributed by atoms with E-state index in [1.165, 1.54) is 23.9 Å². The Hall–Kier alpha value is -2.59. The molecule has 0 unspecified atom stereocenters. The molecule has 4 rings (SSSR count). The van der Waals surface area contributed by atoms with Gasteiger partial charge in [-0.1, -0.05) is 11.3 Å². The van der Waals surface area contributed by atoms with Crippen LogP contribution >= 0.6 is 11.3 Å². The van der Waals surface area contributed by atoms with Gasteiger partial charge in [-0.2, -0.15) is 0 Å². The monoisotopic (exact) mass is 374 g/mol. The molecule has 0 aromatic carbocycles. The fraction of sp³-hybridized carbons (Fsp3) is 0.375. The van der Waals surface area contributed by atoms with E-state index in [1.54, 1.807) is 6.07 Å². The molecule has 0 radical (unpaired) electrons. The molecule has 0 aliphatic carbocycles. The molecule has 0 amide bonds. The zero-order chi connectivity index (χ0) is 18.1. The van der Waals surface area contributed by atoms with E-state index in [0.717, 1.165) is 31.1 Å². The van der Waals surface area contributed by atoms with Crippen molar-refractivity contribution in [1.29, 1.82) is 0 Å². The highest BCUT2D eigenvalue weighted by Gasteiger charge is 2.22. The van der Waals surface area contributed by atoms with Gasteiger partial charge in [-0.25, -0.2) is 24.3 Å². The van der Waals surface area contributed by atoms with Gasteiger partial charge in [0.15, 0.2) is 16.8 Å². The Balaban J connectivity index is 1.65.